The fourth-order valence-corrected chi connectivity index (χ4v) is 3.03. The zero-order valence-electron chi connectivity index (χ0n) is 14.9. The largest absolute Gasteiger partial charge is 0.467 e. The van der Waals surface area contributed by atoms with Crippen molar-refractivity contribution in [2.75, 3.05) is 7.11 Å². The lowest BCUT2D eigenvalue weighted by molar-refractivity contribution is -0.143. The minimum absolute atomic E-state index is 0.357. The average Bonchev–Trinajstić information content (AvgIpc) is 2.74. The molecule has 0 unspecified atom stereocenters. The third kappa shape index (κ3) is 4.39. The second-order valence-electron chi connectivity index (χ2n) is 6.01. The fourth-order valence-electron chi connectivity index (χ4n) is 3.03. The first-order chi connectivity index (χ1) is 13.2. The Morgan fingerprint density at radius 3 is 1.85 bits per heavy atom. The summed E-state index contributed by atoms with van der Waals surface area (Å²) in [5.41, 5.74) is 2.25. The zero-order valence-corrected chi connectivity index (χ0v) is 14.9. The topological polar surface area (TPSA) is 68.3 Å². The van der Waals surface area contributed by atoms with Gasteiger partial charge in [0.25, 0.3) is 5.91 Å². The van der Waals surface area contributed by atoms with E-state index in [0.717, 1.165) is 11.1 Å². The number of carbonyl (C=O) groups is 2. The number of nitrogens with zero attached hydrogens (tertiary/aromatic N) is 1. The van der Waals surface area contributed by atoms with E-state index in [9.17, 15) is 9.59 Å². The Morgan fingerprint density at radius 1 is 0.852 bits per heavy atom. The van der Waals surface area contributed by atoms with Crippen LogP contribution in [0, 0.1) is 0 Å². The van der Waals surface area contributed by atoms with Gasteiger partial charge >= 0.3 is 5.97 Å². The van der Waals surface area contributed by atoms with Crippen molar-refractivity contribution in [3.05, 3.63) is 102 Å². The molecule has 27 heavy (non-hydrogen) atoms. The van der Waals surface area contributed by atoms with Crippen molar-refractivity contribution < 1.29 is 14.3 Å². The maximum atomic E-state index is 12.7. The number of esters is 1. The lowest BCUT2D eigenvalue weighted by Crippen LogP contribution is -2.46. The molecule has 0 saturated heterocycles. The van der Waals surface area contributed by atoms with Gasteiger partial charge in [-0.3, -0.25) is 9.78 Å². The first kappa shape index (κ1) is 18.3. The van der Waals surface area contributed by atoms with Crippen LogP contribution in [0.3, 0.4) is 0 Å². The molecule has 3 rings (SSSR count). The molecule has 1 atom stereocenters. The van der Waals surface area contributed by atoms with Crippen LogP contribution in [-0.4, -0.2) is 30.0 Å². The van der Waals surface area contributed by atoms with Gasteiger partial charge < -0.3 is 10.1 Å². The highest BCUT2D eigenvalue weighted by atomic mass is 16.5. The number of nitrogens with one attached hydrogen (secondary N) is 1. The van der Waals surface area contributed by atoms with E-state index < -0.39 is 12.0 Å². The molecule has 5 heteroatoms. The SMILES string of the molecule is COC(=O)[C@@H](NC(=O)c1ccncc1)C(c1ccccc1)c1ccccc1. The van der Waals surface area contributed by atoms with Gasteiger partial charge in [-0.2, -0.15) is 0 Å². The van der Waals surface area contributed by atoms with Gasteiger partial charge in [0.1, 0.15) is 6.04 Å². The number of rotatable bonds is 6. The minimum Gasteiger partial charge on any atom is -0.467 e. The maximum Gasteiger partial charge on any atom is 0.329 e. The highest BCUT2D eigenvalue weighted by molar-refractivity contribution is 5.97. The van der Waals surface area contributed by atoms with Gasteiger partial charge in [-0.15, -0.1) is 0 Å². The van der Waals surface area contributed by atoms with Crippen molar-refractivity contribution in [2.24, 2.45) is 0 Å². The molecule has 1 aromatic heterocycles. The standard InChI is InChI=1S/C22H20N2O3/c1-27-22(26)20(24-21(25)18-12-14-23-15-13-18)19(16-8-4-2-5-9-16)17-10-6-3-7-11-17/h2-15,19-20H,1H3,(H,24,25)/t20-/m0/s1. The Bertz CT molecular complexity index is 844. The number of ether oxygens (including phenoxy) is 1. The molecule has 0 saturated carbocycles. The zero-order chi connectivity index (χ0) is 19.1. The van der Waals surface area contributed by atoms with Crippen LogP contribution < -0.4 is 5.32 Å². The van der Waals surface area contributed by atoms with E-state index >= 15 is 0 Å². The molecule has 136 valence electrons. The monoisotopic (exact) mass is 360 g/mol. The summed E-state index contributed by atoms with van der Waals surface area (Å²) in [6.45, 7) is 0. The summed E-state index contributed by atoms with van der Waals surface area (Å²) in [4.78, 5) is 29.2. The third-order valence-electron chi connectivity index (χ3n) is 4.33. The van der Waals surface area contributed by atoms with Crippen molar-refractivity contribution in [3.8, 4) is 0 Å². The van der Waals surface area contributed by atoms with Gasteiger partial charge in [-0.1, -0.05) is 60.7 Å². The smallest absolute Gasteiger partial charge is 0.329 e. The molecule has 5 nitrogen and oxygen atoms in total. The van der Waals surface area contributed by atoms with Crippen LogP contribution in [0.25, 0.3) is 0 Å². The molecule has 0 aliphatic rings. The van der Waals surface area contributed by atoms with Gasteiger partial charge in [0, 0.05) is 23.9 Å². The molecule has 1 amide bonds. The summed E-state index contributed by atoms with van der Waals surface area (Å²) >= 11 is 0. The van der Waals surface area contributed by atoms with Crippen LogP contribution in [0.1, 0.15) is 27.4 Å². The number of benzene rings is 2. The summed E-state index contributed by atoms with van der Waals surface area (Å²) in [7, 11) is 1.32. The third-order valence-corrected chi connectivity index (χ3v) is 4.33. The molecule has 0 spiro atoms. The highest BCUT2D eigenvalue weighted by Gasteiger charge is 2.33. The highest BCUT2D eigenvalue weighted by Crippen LogP contribution is 2.29. The molecule has 1 N–H and O–H groups in total. The van der Waals surface area contributed by atoms with Gasteiger partial charge in [-0.05, 0) is 23.3 Å². The summed E-state index contributed by atoms with van der Waals surface area (Å²) in [5, 5.41) is 2.84. The van der Waals surface area contributed by atoms with Crippen molar-refractivity contribution in [1.82, 2.24) is 10.3 Å². The number of methoxy groups -OCH3 is 1. The Labute approximate surface area is 158 Å². The summed E-state index contributed by atoms with van der Waals surface area (Å²) in [6.07, 6.45) is 3.07. The van der Waals surface area contributed by atoms with Crippen molar-refractivity contribution >= 4 is 11.9 Å². The number of hydrogen-bond acceptors (Lipinski definition) is 4. The van der Waals surface area contributed by atoms with E-state index in [2.05, 4.69) is 10.3 Å². The Hall–Kier alpha value is -3.47. The second kappa shape index (κ2) is 8.76. The van der Waals surface area contributed by atoms with Crippen LogP contribution in [0.2, 0.25) is 0 Å². The van der Waals surface area contributed by atoms with Crippen molar-refractivity contribution in [1.29, 1.82) is 0 Å². The van der Waals surface area contributed by atoms with E-state index in [4.69, 9.17) is 4.74 Å². The van der Waals surface area contributed by atoms with Gasteiger partial charge in [0.2, 0.25) is 0 Å². The maximum absolute atomic E-state index is 12.7. The van der Waals surface area contributed by atoms with Gasteiger partial charge in [-0.25, -0.2) is 4.79 Å². The lowest BCUT2D eigenvalue weighted by atomic mass is 9.85. The fraction of sp³-hybridized carbons (Fsp3) is 0.136. The molecular formula is C22H20N2O3. The molecule has 0 radical (unpaired) electrons. The van der Waals surface area contributed by atoms with E-state index in [1.165, 1.54) is 19.5 Å². The quantitative estimate of drug-likeness (QED) is 0.686. The number of hydrogen-bond donors (Lipinski definition) is 1. The van der Waals surface area contributed by atoms with Crippen LogP contribution in [-0.2, 0) is 9.53 Å². The normalized spacial score (nSPS) is 11.6. The average molecular weight is 360 g/mol. The van der Waals surface area contributed by atoms with E-state index in [1.807, 2.05) is 60.7 Å². The predicted octanol–water partition coefficient (Wildman–Crippen LogP) is 3.19. The molecule has 0 aliphatic carbocycles. The summed E-state index contributed by atoms with van der Waals surface area (Å²) in [6, 6.07) is 21.5. The Balaban J connectivity index is 2.01. The van der Waals surface area contributed by atoms with Crippen LogP contribution in [0.15, 0.2) is 85.2 Å². The van der Waals surface area contributed by atoms with Crippen molar-refractivity contribution in [2.45, 2.75) is 12.0 Å². The Morgan fingerprint density at radius 2 is 1.37 bits per heavy atom. The molecule has 2 aromatic carbocycles. The van der Waals surface area contributed by atoms with E-state index in [1.54, 1.807) is 12.1 Å². The number of pyridine rings is 1. The van der Waals surface area contributed by atoms with Crippen LogP contribution >= 0.6 is 0 Å². The molecule has 0 aliphatic heterocycles. The number of carbonyl (C=O) groups excluding carboxylic acids is 2. The van der Waals surface area contributed by atoms with Crippen molar-refractivity contribution in [3.63, 3.8) is 0 Å². The summed E-state index contributed by atoms with van der Waals surface area (Å²) < 4.78 is 5.01. The lowest BCUT2D eigenvalue weighted by Gasteiger charge is -2.27. The summed E-state index contributed by atoms with van der Waals surface area (Å²) in [5.74, 6) is -1.24. The van der Waals surface area contributed by atoms with E-state index in [0.29, 0.717) is 5.56 Å². The second-order valence-corrected chi connectivity index (χ2v) is 6.01. The molecule has 1 heterocycles. The Kier molecular flexibility index (Phi) is 5.94. The first-order valence-corrected chi connectivity index (χ1v) is 8.59. The van der Waals surface area contributed by atoms with Gasteiger partial charge in [0.15, 0.2) is 0 Å². The van der Waals surface area contributed by atoms with Gasteiger partial charge in [0.05, 0.1) is 7.11 Å². The van der Waals surface area contributed by atoms with E-state index in [-0.39, 0.29) is 11.8 Å². The number of aromatic nitrogens is 1. The first-order valence-electron chi connectivity index (χ1n) is 8.59. The van der Waals surface area contributed by atoms with Crippen LogP contribution in [0.5, 0.6) is 0 Å². The molecule has 0 fully saturated rings. The molecular weight excluding hydrogens is 340 g/mol. The number of amides is 1. The van der Waals surface area contributed by atoms with Crippen LogP contribution in [0.4, 0.5) is 0 Å². The molecule has 3 aromatic rings. The predicted molar refractivity (Wildman–Crippen MR) is 102 cm³/mol. The minimum atomic E-state index is -0.875. The molecule has 0 bridgehead atoms.